The first kappa shape index (κ1) is 25.6. The molecule has 3 aliphatic rings. The maximum atomic E-state index is 12.8. The van der Waals surface area contributed by atoms with E-state index in [1.165, 1.54) is 0 Å². The number of carbonyl (C=O) groups excluding carboxylic acids is 1. The molecular formula is C23H35ClN4O5S. The van der Waals surface area contributed by atoms with Crippen LogP contribution in [0.3, 0.4) is 0 Å². The Kier molecular flexibility index (Phi) is 7.17. The largest absolute Gasteiger partial charge is 0.447 e. The Morgan fingerprint density at radius 1 is 1.29 bits per heavy atom. The van der Waals surface area contributed by atoms with Crippen LogP contribution in [-0.4, -0.2) is 72.6 Å². The lowest BCUT2D eigenvalue weighted by molar-refractivity contribution is -0.0148. The van der Waals surface area contributed by atoms with Crippen molar-refractivity contribution < 1.29 is 22.7 Å². The van der Waals surface area contributed by atoms with Crippen LogP contribution in [0.1, 0.15) is 59.2 Å². The minimum absolute atomic E-state index is 0.0141. The van der Waals surface area contributed by atoms with Gasteiger partial charge in [-0.3, -0.25) is 4.90 Å². The van der Waals surface area contributed by atoms with E-state index in [4.69, 9.17) is 21.1 Å². The second kappa shape index (κ2) is 9.52. The van der Waals surface area contributed by atoms with E-state index < -0.39 is 28.2 Å². The molecule has 1 saturated heterocycles. The molecule has 2 heterocycles. The van der Waals surface area contributed by atoms with Crippen molar-refractivity contribution in [2.75, 3.05) is 12.9 Å². The number of rotatable bonds is 7. The van der Waals surface area contributed by atoms with Gasteiger partial charge in [-0.1, -0.05) is 18.5 Å². The number of hydrogen-bond acceptors (Lipinski definition) is 7. The fourth-order valence-corrected chi connectivity index (χ4v) is 7.01. The molecule has 2 saturated carbocycles. The highest BCUT2D eigenvalue weighted by Crippen LogP contribution is 2.66. The number of nitrogens with zero attached hydrogens (tertiary/aromatic N) is 3. The summed E-state index contributed by atoms with van der Waals surface area (Å²) >= 11 is 5.97. The van der Waals surface area contributed by atoms with Crippen LogP contribution in [-0.2, 0) is 24.9 Å². The summed E-state index contributed by atoms with van der Waals surface area (Å²) in [4.78, 5) is 23.4. The Morgan fingerprint density at radius 2 is 1.97 bits per heavy atom. The van der Waals surface area contributed by atoms with Crippen LogP contribution in [0.15, 0.2) is 12.4 Å². The van der Waals surface area contributed by atoms with Gasteiger partial charge in [-0.05, 0) is 58.3 Å². The van der Waals surface area contributed by atoms with Gasteiger partial charge in [0.25, 0.3) is 0 Å². The van der Waals surface area contributed by atoms with Gasteiger partial charge >= 0.3 is 6.09 Å². The van der Waals surface area contributed by atoms with Gasteiger partial charge in [0.1, 0.15) is 5.82 Å². The molecule has 7 atom stereocenters. The third kappa shape index (κ3) is 5.05. The molecule has 0 spiro atoms. The van der Waals surface area contributed by atoms with Crippen molar-refractivity contribution in [3.63, 3.8) is 0 Å². The Balaban J connectivity index is 1.43. The maximum absolute atomic E-state index is 12.8. The number of halogens is 1. The lowest BCUT2D eigenvalue weighted by atomic mass is 9.85. The van der Waals surface area contributed by atoms with E-state index in [1.807, 2.05) is 6.92 Å². The summed E-state index contributed by atoms with van der Waals surface area (Å²) in [5.41, 5.74) is -0.0141. The first-order valence-corrected chi connectivity index (χ1v) is 14.2. The topological polar surface area (TPSA) is 111 Å². The number of nitrogens with one attached hydrogen (secondary N) is 1. The second-order valence-electron chi connectivity index (χ2n) is 10.4. The van der Waals surface area contributed by atoms with Gasteiger partial charge in [-0.2, -0.15) is 0 Å². The monoisotopic (exact) mass is 514 g/mol. The summed E-state index contributed by atoms with van der Waals surface area (Å²) in [7, 11) is -3.44. The molecule has 3 fully saturated rings. The molecular weight excluding hydrogens is 480 g/mol. The van der Waals surface area contributed by atoms with E-state index >= 15 is 0 Å². The molecule has 1 N–H and O–H groups in total. The Hall–Kier alpha value is -1.49. The minimum atomic E-state index is -3.44. The zero-order chi connectivity index (χ0) is 24.8. The third-order valence-electron chi connectivity index (χ3n) is 7.71. The summed E-state index contributed by atoms with van der Waals surface area (Å²) in [6, 6.07) is -1.02. The number of sulfonamides is 1. The summed E-state index contributed by atoms with van der Waals surface area (Å²) in [6.07, 6.45) is 6.96. The number of likely N-dealkylation sites (tertiary alicyclic amines) is 1. The average molecular weight is 515 g/mol. The standard InChI is InChI=1S/C23H35ClN4O5S/c1-13(2)33-22(29)28-14(3)8-19(27-34(5,30)31)20(28)12-32-17-6-7-23(15(4)18(23)9-17)21-25-10-16(24)11-26-21/h10-11,13-15,17-20,27H,6-9,12H2,1-5H3/t14-,15+,17+,18?,19+,20+,23-/m1/s1. The lowest BCUT2D eigenvalue weighted by Crippen LogP contribution is -2.50. The van der Waals surface area contributed by atoms with E-state index in [1.54, 1.807) is 31.1 Å². The fourth-order valence-electron chi connectivity index (χ4n) is 6.11. The molecule has 9 nitrogen and oxygen atoms in total. The zero-order valence-electron chi connectivity index (χ0n) is 20.4. The molecule has 1 unspecified atom stereocenters. The zero-order valence-corrected chi connectivity index (χ0v) is 22.0. The van der Waals surface area contributed by atoms with Crippen molar-refractivity contribution in [2.45, 2.75) is 89.1 Å². The van der Waals surface area contributed by atoms with Gasteiger partial charge in [0.05, 0.1) is 36.1 Å². The number of hydrogen-bond donors (Lipinski definition) is 1. The summed E-state index contributed by atoms with van der Waals surface area (Å²) in [6.45, 7) is 7.99. The van der Waals surface area contributed by atoms with Crippen molar-refractivity contribution in [3.05, 3.63) is 23.2 Å². The van der Waals surface area contributed by atoms with Gasteiger partial charge in [0, 0.05) is 29.9 Å². The smallest absolute Gasteiger partial charge is 0.410 e. The van der Waals surface area contributed by atoms with Crippen LogP contribution in [0.2, 0.25) is 5.02 Å². The maximum Gasteiger partial charge on any atom is 0.410 e. The number of ether oxygens (including phenoxy) is 2. The van der Waals surface area contributed by atoms with Gasteiger partial charge < -0.3 is 9.47 Å². The second-order valence-corrected chi connectivity index (χ2v) is 12.6. The van der Waals surface area contributed by atoms with Gasteiger partial charge in [0.2, 0.25) is 10.0 Å². The third-order valence-corrected chi connectivity index (χ3v) is 8.64. The van der Waals surface area contributed by atoms with Crippen LogP contribution in [0.5, 0.6) is 0 Å². The predicted octanol–water partition coefficient (Wildman–Crippen LogP) is 3.13. The number of fused-ring (bicyclic) bond motifs is 1. The molecule has 2 aliphatic carbocycles. The lowest BCUT2D eigenvalue weighted by Gasteiger charge is -2.33. The SMILES string of the molecule is CC(C)OC(=O)N1[C@H](C)C[C@H](NS(C)(=O)=O)[C@@H]1CO[C@H]1CC[C@]2(c3ncc(Cl)cn3)C(C1)[C@@H]2C. The summed E-state index contributed by atoms with van der Waals surface area (Å²) < 4.78 is 38.4. The molecule has 190 valence electrons. The van der Waals surface area contributed by atoms with Crippen LogP contribution in [0, 0.1) is 11.8 Å². The molecule has 4 rings (SSSR count). The Bertz CT molecular complexity index is 1010. The molecule has 1 aromatic heterocycles. The molecule has 1 aliphatic heterocycles. The molecule has 0 aromatic carbocycles. The fraction of sp³-hybridized carbons (Fsp3) is 0.783. The van der Waals surface area contributed by atoms with E-state index in [2.05, 4.69) is 21.6 Å². The molecule has 1 aromatic rings. The predicted molar refractivity (Wildman–Crippen MR) is 128 cm³/mol. The quantitative estimate of drug-likeness (QED) is 0.595. The van der Waals surface area contributed by atoms with E-state index in [-0.39, 0.29) is 30.3 Å². The van der Waals surface area contributed by atoms with Gasteiger partial charge in [-0.15, -0.1) is 0 Å². The van der Waals surface area contributed by atoms with Crippen molar-refractivity contribution in [1.82, 2.24) is 19.6 Å². The number of aromatic nitrogens is 2. The first-order chi connectivity index (χ1) is 15.9. The average Bonchev–Trinajstić information content (AvgIpc) is 3.20. The van der Waals surface area contributed by atoms with Crippen LogP contribution in [0.4, 0.5) is 4.79 Å². The van der Waals surface area contributed by atoms with Crippen molar-refractivity contribution in [3.8, 4) is 0 Å². The minimum Gasteiger partial charge on any atom is -0.447 e. The van der Waals surface area contributed by atoms with Gasteiger partial charge in [-0.25, -0.2) is 27.9 Å². The normalized spacial score (nSPS) is 35.3. The summed E-state index contributed by atoms with van der Waals surface area (Å²) in [5, 5.41) is 0.533. The highest BCUT2D eigenvalue weighted by atomic mass is 35.5. The van der Waals surface area contributed by atoms with Crippen molar-refractivity contribution in [2.24, 2.45) is 11.8 Å². The van der Waals surface area contributed by atoms with E-state index in [9.17, 15) is 13.2 Å². The molecule has 0 radical (unpaired) electrons. The molecule has 34 heavy (non-hydrogen) atoms. The van der Waals surface area contributed by atoms with Crippen molar-refractivity contribution in [1.29, 1.82) is 0 Å². The van der Waals surface area contributed by atoms with E-state index in [0.717, 1.165) is 31.3 Å². The molecule has 0 bridgehead atoms. The van der Waals surface area contributed by atoms with E-state index in [0.29, 0.717) is 23.3 Å². The Morgan fingerprint density at radius 3 is 2.56 bits per heavy atom. The molecule has 1 amide bonds. The van der Waals surface area contributed by atoms with Crippen LogP contribution >= 0.6 is 11.6 Å². The number of carbonyl (C=O) groups is 1. The number of amides is 1. The molecule has 11 heteroatoms. The summed E-state index contributed by atoms with van der Waals surface area (Å²) in [5.74, 6) is 1.75. The van der Waals surface area contributed by atoms with Crippen LogP contribution < -0.4 is 4.72 Å². The Labute approximate surface area is 207 Å². The highest BCUT2D eigenvalue weighted by molar-refractivity contribution is 7.88. The van der Waals surface area contributed by atoms with Gasteiger partial charge in [0.15, 0.2) is 0 Å². The first-order valence-electron chi connectivity index (χ1n) is 12.0. The van der Waals surface area contributed by atoms with Crippen molar-refractivity contribution >= 4 is 27.7 Å². The van der Waals surface area contributed by atoms with Crippen LogP contribution in [0.25, 0.3) is 0 Å². The highest BCUT2D eigenvalue weighted by Gasteiger charge is 2.66.